The maximum atomic E-state index is 12.1. The van der Waals surface area contributed by atoms with Crippen molar-refractivity contribution in [2.45, 2.75) is 39.2 Å². The molecule has 19 heavy (non-hydrogen) atoms. The van der Waals surface area contributed by atoms with E-state index in [0.29, 0.717) is 17.5 Å². The number of benzene rings is 1. The third kappa shape index (κ3) is 4.17. The summed E-state index contributed by atoms with van der Waals surface area (Å²) >= 11 is 0. The number of carbonyl (C=O) groups is 2. The summed E-state index contributed by atoms with van der Waals surface area (Å²) in [4.78, 5) is 23.3. The molecule has 0 aliphatic carbocycles. The molecule has 0 spiro atoms. The summed E-state index contributed by atoms with van der Waals surface area (Å²) in [5.41, 5.74) is 0.693. The third-order valence-corrected chi connectivity index (χ3v) is 3.41. The van der Waals surface area contributed by atoms with Gasteiger partial charge in [0.15, 0.2) is 5.78 Å². The molecule has 4 heteroatoms. The van der Waals surface area contributed by atoms with E-state index >= 15 is 0 Å². The van der Waals surface area contributed by atoms with Gasteiger partial charge in [0.05, 0.1) is 0 Å². The highest BCUT2D eigenvalue weighted by molar-refractivity contribution is 5.97. The van der Waals surface area contributed by atoms with E-state index in [9.17, 15) is 9.59 Å². The molecule has 1 aromatic rings. The van der Waals surface area contributed by atoms with E-state index in [1.54, 1.807) is 24.3 Å². The summed E-state index contributed by atoms with van der Waals surface area (Å²) in [6.07, 6.45) is 1.26. The lowest BCUT2D eigenvalue weighted by Gasteiger charge is -2.29. The maximum Gasteiger partial charge on any atom is 0.251 e. The Labute approximate surface area is 113 Å². The van der Waals surface area contributed by atoms with Crippen LogP contribution in [0.25, 0.3) is 0 Å². The van der Waals surface area contributed by atoms with E-state index in [-0.39, 0.29) is 18.3 Å². The van der Waals surface area contributed by atoms with Crippen molar-refractivity contribution in [3.63, 3.8) is 0 Å². The molecule has 0 saturated carbocycles. The fourth-order valence-corrected chi connectivity index (χ4v) is 1.78. The molecule has 0 radical (unpaired) electrons. The van der Waals surface area contributed by atoms with Crippen LogP contribution >= 0.6 is 0 Å². The number of aliphatic hydroxyl groups is 1. The summed E-state index contributed by atoms with van der Waals surface area (Å²) in [5.74, 6) is -0.210. The van der Waals surface area contributed by atoms with Crippen LogP contribution in [0.1, 0.15) is 54.3 Å². The molecule has 0 aliphatic heterocycles. The third-order valence-electron chi connectivity index (χ3n) is 3.41. The lowest BCUT2D eigenvalue weighted by Crippen LogP contribution is -2.46. The molecular formula is C15H21NO3. The molecule has 1 atom stereocenters. The molecule has 1 aromatic carbocycles. The number of ketones is 1. The zero-order valence-corrected chi connectivity index (χ0v) is 11.7. The van der Waals surface area contributed by atoms with Gasteiger partial charge in [-0.25, -0.2) is 0 Å². The minimum atomic E-state index is -0.412. The van der Waals surface area contributed by atoms with Crippen LogP contribution in [0, 0.1) is 0 Å². The highest BCUT2D eigenvalue weighted by Crippen LogP contribution is 2.15. The largest absolute Gasteiger partial charge is 0.396 e. The molecule has 4 nitrogen and oxygen atoms in total. The van der Waals surface area contributed by atoms with E-state index in [4.69, 9.17) is 5.11 Å². The van der Waals surface area contributed by atoms with Crippen LogP contribution in [0.2, 0.25) is 0 Å². The zero-order chi connectivity index (χ0) is 14.5. The monoisotopic (exact) mass is 263 g/mol. The molecule has 0 heterocycles. The van der Waals surface area contributed by atoms with Crippen LogP contribution in [0.5, 0.6) is 0 Å². The van der Waals surface area contributed by atoms with Gasteiger partial charge in [0.25, 0.3) is 5.91 Å². The van der Waals surface area contributed by atoms with Gasteiger partial charge >= 0.3 is 0 Å². The molecule has 0 aliphatic rings. The van der Waals surface area contributed by atoms with Crippen LogP contribution in [0.15, 0.2) is 24.3 Å². The molecule has 2 N–H and O–H groups in total. The highest BCUT2D eigenvalue weighted by Gasteiger charge is 2.24. The van der Waals surface area contributed by atoms with Crippen molar-refractivity contribution >= 4 is 11.7 Å². The van der Waals surface area contributed by atoms with Crippen LogP contribution in [0.3, 0.4) is 0 Å². The van der Waals surface area contributed by atoms with Crippen molar-refractivity contribution < 1.29 is 14.7 Å². The van der Waals surface area contributed by atoms with Crippen molar-refractivity contribution in [3.05, 3.63) is 35.4 Å². The van der Waals surface area contributed by atoms with Crippen molar-refractivity contribution in [1.29, 1.82) is 0 Å². The fourth-order valence-electron chi connectivity index (χ4n) is 1.78. The number of rotatable bonds is 6. The normalized spacial score (nSPS) is 13.7. The molecule has 0 saturated heterocycles. The molecule has 0 bridgehead atoms. The van der Waals surface area contributed by atoms with E-state index in [1.807, 2.05) is 13.8 Å². The molecule has 104 valence electrons. The first-order valence-electron chi connectivity index (χ1n) is 6.46. The molecule has 1 rings (SSSR count). The maximum absolute atomic E-state index is 12.1. The quantitative estimate of drug-likeness (QED) is 0.773. The van der Waals surface area contributed by atoms with Gasteiger partial charge in [-0.05, 0) is 38.8 Å². The Morgan fingerprint density at radius 1 is 1.21 bits per heavy atom. The van der Waals surface area contributed by atoms with Crippen molar-refractivity contribution in [3.8, 4) is 0 Å². The Morgan fingerprint density at radius 2 is 1.74 bits per heavy atom. The number of carbonyl (C=O) groups excluding carboxylic acids is 2. The Kier molecular flexibility index (Phi) is 5.24. The second-order valence-electron chi connectivity index (χ2n) is 4.98. The summed E-state index contributed by atoms with van der Waals surface area (Å²) < 4.78 is 0. The Balaban J connectivity index is 2.80. The standard InChI is InChI=1S/C15H21NO3/c1-4-15(3,9-10-17)16-14(19)13-7-5-12(6-8-13)11(2)18/h5-8,17H,4,9-10H2,1-3H3,(H,16,19). The SMILES string of the molecule is CCC(C)(CCO)NC(=O)c1ccc(C(C)=O)cc1. The van der Waals surface area contributed by atoms with Gasteiger partial charge in [-0.2, -0.15) is 0 Å². The summed E-state index contributed by atoms with van der Waals surface area (Å²) in [6, 6.07) is 6.57. The van der Waals surface area contributed by atoms with Crippen molar-refractivity contribution in [2.75, 3.05) is 6.61 Å². The molecular weight excluding hydrogens is 242 g/mol. The zero-order valence-electron chi connectivity index (χ0n) is 11.7. The van der Waals surface area contributed by atoms with E-state index in [0.717, 1.165) is 6.42 Å². The number of Topliss-reactive ketones (excluding diaryl/α,β-unsaturated/α-hetero) is 1. The second kappa shape index (κ2) is 6.48. The van der Waals surface area contributed by atoms with Crippen molar-refractivity contribution in [1.82, 2.24) is 5.32 Å². The van der Waals surface area contributed by atoms with Gasteiger partial charge < -0.3 is 10.4 Å². The highest BCUT2D eigenvalue weighted by atomic mass is 16.3. The number of aliphatic hydroxyl groups excluding tert-OH is 1. The van der Waals surface area contributed by atoms with E-state index < -0.39 is 5.54 Å². The number of nitrogens with one attached hydrogen (secondary N) is 1. The smallest absolute Gasteiger partial charge is 0.251 e. The van der Waals surface area contributed by atoms with Gasteiger partial charge in [0.1, 0.15) is 0 Å². The fraction of sp³-hybridized carbons (Fsp3) is 0.467. The lowest BCUT2D eigenvalue weighted by molar-refractivity contribution is 0.0885. The molecule has 1 amide bonds. The first-order valence-corrected chi connectivity index (χ1v) is 6.46. The van der Waals surface area contributed by atoms with Gasteiger partial charge in [0, 0.05) is 23.3 Å². The molecule has 1 unspecified atom stereocenters. The minimum Gasteiger partial charge on any atom is -0.396 e. The van der Waals surface area contributed by atoms with Crippen LogP contribution in [-0.4, -0.2) is 28.9 Å². The number of amides is 1. The average Bonchev–Trinajstić information content (AvgIpc) is 2.39. The average molecular weight is 263 g/mol. The summed E-state index contributed by atoms with van der Waals surface area (Å²) in [6.45, 7) is 5.40. The predicted molar refractivity (Wildman–Crippen MR) is 74.3 cm³/mol. The number of hydrogen-bond acceptors (Lipinski definition) is 3. The minimum absolute atomic E-state index is 0.0226. The second-order valence-corrected chi connectivity index (χ2v) is 4.98. The number of hydrogen-bond donors (Lipinski definition) is 2. The summed E-state index contributed by atoms with van der Waals surface area (Å²) in [5, 5.41) is 12.0. The first kappa shape index (κ1) is 15.4. The van der Waals surface area contributed by atoms with Gasteiger partial charge in [0.2, 0.25) is 0 Å². The summed E-state index contributed by atoms with van der Waals surface area (Å²) in [7, 11) is 0. The topological polar surface area (TPSA) is 66.4 Å². The van der Waals surface area contributed by atoms with Crippen LogP contribution in [0.4, 0.5) is 0 Å². The van der Waals surface area contributed by atoms with Gasteiger partial charge in [-0.3, -0.25) is 9.59 Å². The Bertz CT molecular complexity index is 453. The first-order chi connectivity index (χ1) is 8.91. The van der Waals surface area contributed by atoms with E-state index in [1.165, 1.54) is 6.92 Å². The molecule has 0 aromatic heterocycles. The van der Waals surface area contributed by atoms with Crippen molar-refractivity contribution in [2.24, 2.45) is 0 Å². The molecule has 0 fully saturated rings. The Morgan fingerprint density at radius 3 is 2.16 bits per heavy atom. The van der Waals surface area contributed by atoms with Gasteiger partial charge in [-0.1, -0.05) is 19.1 Å². The van der Waals surface area contributed by atoms with Gasteiger partial charge in [-0.15, -0.1) is 0 Å². The Hall–Kier alpha value is -1.68. The van der Waals surface area contributed by atoms with Crippen LogP contribution in [-0.2, 0) is 0 Å². The van der Waals surface area contributed by atoms with Crippen LogP contribution < -0.4 is 5.32 Å². The lowest BCUT2D eigenvalue weighted by atomic mass is 9.94. The predicted octanol–water partition coefficient (Wildman–Crippen LogP) is 2.17. The van der Waals surface area contributed by atoms with E-state index in [2.05, 4.69) is 5.32 Å².